The van der Waals surface area contributed by atoms with Gasteiger partial charge in [-0.25, -0.2) is 4.79 Å². The van der Waals surface area contributed by atoms with Gasteiger partial charge in [-0.3, -0.25) is 0 Å². The maximum absolute atomic E-state index is 11.3. The Morgan fingerprint density at radius 3 is 2.94 bits per heavy atom. The highest BCUT2D eigenvalue weighted by Gasteiger charge is 2.08. The molecule has 0 amide bonds. The molecule has 0 heterocycles. The summed E-state index contributed by atoms with van der Waals surface area (Å²) in [6.45, 7) is 1.20. The Morgan fingerprint density at radius 2 is 2.31 bits per heavy atom. The van der Waals surface area contributed by atoms with Crippen LogP contribution in [0.3, 0.4) is 0 Å². The Bertz CT molecular complexity index is 368. The van der Waals surface area contributed by atoms with Crippen molar-refractivity contribution in [2.24, 2.45) is 0 Å². The number of esters is 1. The molecule has 0 radical (unpaired) electrons. The largest absolute Gasteiger partial charge is 0.465 e. The molecule has 0 aliphatic heterocycles. The van der Waals surface area contributed by atoms with E-state index in [1.807, 2.05) is 6.07 Å². The maximum atomic E-state index is 11.3. The molecule has 1 rings (SSSR count). The summed E-state index contributed by atoms with van der Waals surface area (Å²) in [6.07, 6.45) is 0. The highest BCUT2D eigenvalue weighted by atomic mass is 79.9. The van der Waals surface area contributed by atoms with Gasteiger partial charge in [0.25, 0.3) is 0 Å². The van der Waals surface area contributed by atoms with E-state index in [4.69, 9.17) is 5.11 Å². The molecule has 0 atom stereocenters. The van der Waals surface area contributed by atoms with E-state index < -0.39 is 0 Å². The normalized spacial score (nSPS) is 10.2. The van der Waals surface area contributed by atoms with Crippen LogP contribution in [0.4, 0.5) is 0 Å². The van der Waals surface area contributed by atoms with E-state index >= 15 is 0 Å². The monoisotopic (exact) mass is 287 g/mol. The van der Waals surface area contributed by atoms with Gasteiger partial charge < -0.3 is 15.2 Å². The van der Waals surface area contributed by atoms with Crippen LogP contribution >= 0.6 is 15.9 Å². The molecule has 1 aromatic rings. The highest BCUT2D eigenvalue weighted by molar-refractivity contribution is 9.10. The van der Waals surface area contributed by atoms with Gasteiger partial charge in [0.05, 0.1) is 19.3 Å². The van der Waals surface area contributed by atoms with E-state index in [1.54, 1.807) is 12.1 Å². The summed E-state index contributed by atoms with van der Waals surface area (Å²) in [6, 6.07) is 5.27. The third kappa shape index (κ3) is 3.59. The van der Waals surface area contributed by atoms with Crippen LogP contribution in [0.25, 0.3) is 0 Å². The van der Waals surface area contributed by atoms with Crippen molar-refractivity contribution >= 4 is 21.9 Å². The molecule has 0 spiro atoms. The molecular formula is C11H14BrNO3. The van der Waals surface area contributed by atoms with Crippen molar-refractivity contribution in [2.45, 2.75) is 6.54 Å². The summed E-state index contributed by atoms with van der Waals surface area (Å²) in [7, 11) is 1.36. The van der Waals surface area contributed by atoms with Crippen molar-refractivity contribution in [3.05, 3.63) is 33.8 Å². The van der Waals surface area contributed by atoms with Crippen molar-refractivity contribution in [1.82, 2.24) is 5.32 Å². The number of methoxy groups -OCH3 is 1. The molecule has 0 unspecified atom stereocenters. The van der Waals surface area contributed by atoms with E-state index in [0.29, 0.717) is 18.7 Å². The molecule has 5 heteroatoms. The van der Waals surface area contributed by atoms with Gasteiger partial charge in [0.15, 0.2) is 0 Å². The van der Waals surface area contributed by atoms with Crippen LogP contribution in [0.1, 0.15) is 15.9 Å². The summed E-state index contributed by atoms with van der Waals surface area (Å²) < 4.78 is 5.56. The molecule has 2 N–H and O–H groups in total. The smallest absolute Gasteiger partial charge is 0.337 e. The molecule has 4 nitrogen and oxygen atoms in total. The number of nitrogens with one attached hydrogen (secondary N) is 1. The first-order valence-electron chi connectivity index (χ1n) is 4.87. The molecule has 0 saturated carbocycles. The number of rotatable bonds is 5. The standard InChI is InChI=1S/C11H14BrNO3/c1-16-11(15)8-2-3-10(12)9(6-8)7-13-4-5-14/h2-3,6,13-14H,4-5,7H2,1H3. The van der Waals surface area contributed by atoms with Gasteiger partial charge in [-0.05, 0) is 23.8 Å². The molecule has 0 bridgehead atoms. The summed E-state index contributed by atoms with van der Waals surface area (Å²) in [4.78, 5) is 11.3. The third-order valence-electron chi connectivity index (χ3n) is 2.07. The van der Waals surface area contributed by atoms with Crippen molar-refractivity contribution in [2.75, 3.05) is 20.3 Å². The Labute approximate surface area is 103 Å². The van der Waals surface area contributed by atoms with Gasteiger partial charge in [-0.1, -0.05) is 15.9 Å². The Hall–Kier alpha value is -0.910. The quantitative estimate of drug-likeness (QED) is 0.633. The van der Waals surface area contributed by atoms with Crippen molar-refractivity contribution in [3.8, 4) is 0 Å². The summed E-state index contributed by atoms with van der Waals surface area (Å²) >= 11 is 3.40. The fourth-order valence-corrected chi connectivity index (χ4v) is 1.64. The van der Waals surface area contributed by atoms with E-state index in [1.165, 1.54) is 7.11 Å². The van der Waals surface area contributed by atoms with Gasteiger partial charge in [-0.15, -0.1) is 0 Å². The molecule has 0 fully saturated rings. The Balaban J connectivity index is 2.78. The first-order chi connectivity index (χ1) is 7.69. The maximum Gasteiger partial charge on any atom is 0.337 e. The SMILES string of the molecule is COC(=O)c1ccc(Br)c(CNCCO)c1. The lowest BCUT2D eigenvalue weighted by atomic mass is 10.1. The van der Waals surface area contributed by atoms with Crippen LogP contribution in [0, 0.1) is 0 Å². The van der Waals surface area contributed by atoms with E-state index in [9.17, 15) is 4.79 Å². The molecule has 0 aromatic heterocycles. The van der Waals surface area contributed by atoms with Gasteiger partial charge in [0.2, 0.25) is 0 Å². The molecule has 0 aliphatic carbocycles. The van der Waals surface area contributed by atoms with Crippen LogP contribution in [0.5, 0.6) is 0 Å². The van der Waals surface area contributed by atoms with Crippen LogP contribution < -0.4 is 5.32 Å². The number of carbonyl (C=O) groups is 1. The second kappa shape index (κ2) is 6.62. The van der Waals surface area contributed by atoms with Crippen molar-refractivity contribution in [1.29, 1.82) is 0 Å². The van der Waals surface area contributed by atoms with E-state index in [2.05, 4.69) is 26.0 Å². The minimum Gasteiger partial charge on any atom is -0.465 e. The van der Waals surface area contributed by atoms with Crippen LogP contribution in [-0.4, -0.2) is 31.3 Å². The zero-order chi connectivity index (χ0) is 12.0. The lowest BCUT2D eigenvalue weighted by molar-refractivity contribution is 0.0600. The average molecular weight is 288 g/mol. The molecule has 88 valence electrons. The first kappa shape index (κ1) is 13.2. The fourth-order valence-electron chi connectivity index (χ4n) is 1.26. The van der Waals surface area contributed by atoms with E-state index in [-0.39, 0.29) is 12.6 Å². The summed E-state index contributed by atoms with van der Waals surface area (Å²) in [5.41, 5.74) is 1.47. The van der Waals surface area contributed by atoms with Crippen molar-refractivity contribution < 1.29 is 14.6 Å². The zero-order valence-electron chi connectivity index (χ0n) is 9.00. The number of ether oxygens (including phenoxy) is 1. The topological polar surface area (TPSA) is 58.6 Å². The second-order valence-corrected chi connectivity index (χ2v) is 4.05. The number of hydrogen-bond donors (Lipinski definition) is 2. The zero-order valence-corrected chi connectivity index (χ0v) is 10.6. The van der Waals surface area contributed by atoms with Crippen molar-refractivity contribution in [3.63, 3.8) is 0 Å². The predicted octanol–water partition coefficient (Wildman–Crippen LogP) is 1.32. The lowest BCUT2D eigenvalue weighted by Gasteiger charge is -2.07. The molecule has 0 saturated heterocycles. The van der Waals surface area contributed by atoms with Crippen LogP contribution in [0.2, 0.25) is 0 Å². The number of aliphatic hydroxyl groups is 1. The lowest BCUT2D eigenvalue weighted by Crippen LogP contribution is -2.18. The van der Waals surface area contributed by atoms with Gasteiger partial charge >= 0.3 is 5.97 Å². The first-order valence-corrected chi connectivity index (χ1v) is 5.66. The minimum atomic E-state index is -0.351. The highest BCUT2D eigenvalue weighted by Crippen LogP contribution is 2.18. The van der Waals surface area contributed by atoms with Gasteiger partial charge in [-0.2, -0.15) is 0 Å². The van der Waals surface area contributed by atoms with Gasteiger partial charge in [0, 0.05) is 17.6 Å². The molecular weight excluding hydrogens is 274 g/mol. The van der Waals surface area contributed by atoms with Crippen LogP contribution in [0.15, 0.2) is 22.7 Å². The average Bonchev–Trinajstić information content (AvgIpc) is 2.31. The third-order valence-corrected chi connectivity index (χ3v) is 2.84. The second-order valence-electron chi connectivity index (χ2n) is 3.20. The number of benzene rings is 1. The van der Waals surface area contributed by atoms with Crippen LogP contribution in [-0.2, 0) is 11.3 Å². The predicted molar refractivity (Wildman–Crippen MR) is 64.3 cm³/mol. The summed E-state index contributed by atoms with van der Waals surface area (Å²) in [5.74, 6) is -0.351. The minimum absolute atomic E-state index is 0.0916. The molecule has 16 heavy (non-hydrogen) atoms. The Morgan fingerprint density at radius 1 is 1.56 bits per heavy atom. The fraction of sp³-hybridized carbons (Fsp3) is 0.364. The van der Waals surface area contributed by atoms with Gasteiger partial charge in [0.1, 0.15) is 0 Å². The number of halogens is 1. The van der Waals surface area contributed by atoms with E-state index in [0.717, 1.165) is 10.0 Å². The Kier molecular flexibility index (Phi) is 5.45. The molecule has 1 aromatic carbocycles. The molecule has 0 aliphatic rings. The number of carbonyl (C=O) groups excluding carboxylic acids is 1. The number of hydrogen-bond acceptors (Lipinski definition) is 4. The summed E-state index contributed by atoms with van der Waals surface area (Å²) in [5, 5.41) is 11.7. The number of aliphatic hydroxyl groups excluding tert-OH is 1.